The molecule has 24 nitrogen and oxygen atoms in total. The summed E-state index contributed by atoms with van der Waals surface area (Å²) in [4.78, 5) is 117. The second-order valence-corrected chi connectivity index (χ2v) is 43.2. The number of hydrazine groups is 1. The Morgan fingerprint density at radius 3 is 2.08 bits per heavy atom. The fourth-order valence-corrected chi connectivity index (χ4v) is 16.8. The number of halogens is 1. The number of anilines is 1. The molecule has 5 aromatic rings. The Labute approximate surface area is 655 Å². The topological polar surface area (TPSA) is 279 Å². The van der Waals surface area contributed by atoms with Crippen molar-refractivity contribution >= 4 is 92.4 Å². The number of hydrogen-bond donors (Lipinski definition) is 4. The number of ether oxygens (including phenoxy) is 5. The van der Waals surface area contributed by atoms with Gasteiger partial charge in [-0.05, 0) is 134 Å². The third kappa shape index (κ3) is 19.7. The Morgan fingerprint density at radius 2 is 1.45 bits per heavy atom. The largest absolute Gasteiger partial charge is 0.457 e. The van der Waals surface area contributed by atoms with E-state index in [-0.39, 0.29) is 69.4 Å². The number of hydrogen-bond acceptors (Lipinski definition) is 17. The first-order chi connectivity index (χ1) is 51.5. The quantitative estimate of drug-likeness (QED) is 0.01000. The molecule has 598 valence electrons. The number of benzene rings is 4. The lowest BCUT2D eigenvalue weighted by Gasteiger charge is -2.44. The lowest BCUT2D eigenvalue weighted by atomic mass is 9.83. The van der Waals surface area contributed by atoms with Crippen molar-refractivity contribution < 1.29 is 76.0 Å². The summed E-state index contributed by atoms with van der Waals surface area (Å²) in [6, 6.07) is 28.8. The van der Waals surface area contributed by atoms with E-state index in [1.165, 1.54) is 35.9 Å². The number of para-hydroxylation sites is 1. The van der Waals surface area contributed by atoms with Crippen LogP contribution in [0.3, 0.4) is 0 Å². The predicted molar refractivity (Wildman–Crippen MR) is 429 cm³/mol. The standard InChI is InChI=1S/C83H115ClN8O16Si2/c1-51-29-27-37-67(102-16)83(101)48-66(104-78(99)87-83)53(3)75-82(11,106-75)68(47-71(96)90(14)64-45-55(43-51)44-52(2)72(64)84)105-77(98)54(4)89(13)70(95)38-41-86-76(97)74(108-110(19,20)81(8,9)10)73(107-109(17,18)80(5,6)7)65(93)36-28-40-85-69(94)39-42-92-57(46-56-30-21-26-35-63(56)92)49-88(12)91(15)79(100)103-50-62-60-33-24-22-31-58(60)59-32-23-25-34-61(59)62/h21-27,29-35,37,44-46,53-54,62,66-68,73-75,101H,28,36,38-43,47-50H2,1-20H3,(H,85,94)(H,86,97)(H,87,99)/b37-27+,51-29+/t53-,54+,66+,67-,68+,73+,74+,75?,82+,83-/m1/s1. The molecule has 3 aliphatic heterocycles. The van der Waals surface area contributed by atoms with Gasteiger partial charge in [0.25, 0.3) is 5.91 Å². The van der Waals surface area contributed by atoms with Gasteiger partial charge in [0.1, 0.15) is 42.7 Å². The molecule has 4 N–H and O–H groups in total. The maximum Gasteiger partial charge on any atom is 0.424 e. The number of carbonyl (C=O) groups excluding carboxylic acids is 8. The number of aromatic nitrogens is 1. The number of carbonyl (C=O) groups is 8. The van der Waals surface area contributed by atoms with E-state index in [2.05, 4.69) is 50.8 Å². The van der Waals surface area contributed by atoms with Crippen LogP contribution >= 0.6 is 11.6 Å². The summed E-state index contributed by atoms with van der Waals surface area (Å²) in [5, 5.41) is 24.2. The molecular formula is C83H115ClN8O16Si2. The summed E-state index contributed by atoms with van der Waals surface area (Å²) in [6.45, 7) is 29.6. The lowest BCUT2D eigenvalue weighted by Crippen LogP contribution is -2.63. The highest BCUT2D eigenvalue weighted by Gasteiger charge is 2.65. The number of Topliss-reactive ketones (excluding diaryl/α,β-unsaturated/α-hetero) is 1. The van der Waals surface area contributed by atoms with Gasteiger partial charge in [0, 0.05) is 104 Å². The number of esters is 1. The van der Waals surface area contributed by atoms with Crippen molar-refractivity contribution in [2.24, 2.45) is 5.92 Å². The van der Waals surface area contributed by atoms with Crippen molar-refractivity contribution in [2.75, 3.05) is 59.9 Å². The van der Waals surface area contributed by atoms with Crippen LogP contribution in [0, 0.1) is 12.8 Å². The van der Waals surface area contributed by atoms with E-state index in [1.807, 2.05) is 155 Å². The third-order valence-corrected chi connectivity index (χ3v) is 32.8. The molecule has 10 atom stereocenters. The fraction of sp³-hybridized carbons (Fsp3) is 0.542. The molecule has 1 aliphatic carbocycles. The molecule has 2 fully saturated rings. The average Bonchev–Trinajstić information content (AvgIpc) is 1.57. The lowest BCUT2D eigenvalue weighted by molar-refractivity contribution is -0.162. The van der Waals surface area contributed by atoms with E-state index < -0.39 is 129 Å². The number of amides is 6. The Balaban J connectivity index is 0.841. The van der Waals surface area contributed by atoms with Gasteiger partial charge >= 0.3 is 18.2 Å². The first-order valence-electron chi connectivity index (χ1n) is 38.1. The van der Waals surface area contributed by atoms with Gasteiger partial charge in [-0.15, -0.1) is 0 Å². The molecule has 9 rings (SSSR count). The summed E-state index contributed by atoms with van der Waals surface area (Å²) in [5.74, 6) is -3.90. The van der Waals surface area contributed by atoms with E-state index in [0.717, 1.165) is 55.6 Å². The van der Waals surface area contributed by atoms with Gasteiger partial charge in [-0.1, -0.05) is 157 Å². The van der Waals surface area contributed by atoms with Crippen molar-refractivity contribution in [3.63, 3.8) is 0 Å². The summed E-state index contributed by atoms with van der Waals surface area (Å²) in [7, 11) is 2.17. The summed E-state index contributed by atoms with van der Waals surface area (Å²) in [6.07, 6.45) is -3.00. The van der Waals surface area contributed by atoms with E-state index in [0.29, 0.717) is 30.2 Å². The molecule has 0 spiro atoms. The number of rotatable bonds is 26. The zero-order valence-electron chi connectivity index (χ0n) is 67.8. The molecule has 6 amide bonds. The van der Waals surface area contributed by atoms with Crippen LogP contribution in [0.1, 0.15) is 142 Å². The smallest absolute Gasteiger partial charge is 0.424 e. The van der Waals surface area contributed by atoms with E-state index in [1.54, 1.807) is 45.1 Å². The number of alkyl carbamates (subject to hydrolysis) is 1. The van der Waals surface area contributed by atoms with Crippen LogP contribution in [-0.4, -0.2) is 198 Å². The highest BCUT2D eigenvalue weighted by molar-refractivity contribution is 6.75. The zero-order valence-corrected chi connectivity index (χ0v) is 70.5. The molecule has 0 saturated carbocycles. The molecule has 4 aliphatic rings. The number of fused-ring (bicyclic) bond motifs is 9. The zero-order chi connectivity index (χ0) is 80.9. The average molecular weight is 1570 g/mol. The Morgan fingerprint density at radius 1 is 0.827 bits per heavy atom. The minimum atomic E-state index is -2.89. The van der Waals surface area contributed by atoms with Crippen LogP contribution in [0.25, 0.3) is 22.0 Å². The van der Waals surface area contributed by atoms with Crippen LogP contribution in [-0.2, 0) is 80.8 Å². The molecule has 27 heteroatoms. The number of methoxy groups -OCH3 is 1. The SMILES string of the molecule is CO[C@@H]1/C=C/C=C(\C)Cc2cc(C)c(Cl)c(c2)N(C)C(=O)C[C@H](OC(=O)[C@H](C)N(C)C(=O)CCNC(=O)[C@@H](O[Si](C)(C)C(C)(C)C)[C@@H](O[Si](C)(C)C(C)(C)C)C(=O)CCCNC(=O)CCn2c(CN(C)N(C)C(=O)OCC3c4ccccc4-c4ccccc43)cc3ccccc32)[C@]2(C)OC2[C@H](C)[C@@H]2C[C@]1(O)NC(=O)O2. The number of nitrogens with zero attached hydrogens (tertiary/aromatic N) is 5. The van der Waals surface area contributed by atoms with Gasteiger partial charge < -0.3 is 62.6 Å². The third-order valence-electron chi connectivity index (χ3n) is 23.3. The van der Waals surface area contributed by atoms with Crippen LogP contribution in [0.2, 0.25) is 41.3 Å². The number of allylic oxidation sites excluding steroid dienone is 3. The molecule has 1 unspecified atom stereocenters. The van der Waals surface area contributed by atoms with Crippen LogP contribution in [0.4, 0.5) is 15.3 Å². The highest BCUT2D eigenvalue weighted by Crippen LogP contribution is 2.50. The Hall–Kier alpha value is -8.06. The molecule has 4 heterocycles. The maximum absolute atomic E-state index is 15.0. The van der Waals surface area contributed by atoms with Crippen molar-refractivity contribution in [2.45, 2.75) is 230 Å². The normalized spacial score (nSPS) is 22.7. The van der Waals surface area contributed by atoms with Crippen molar-refractivity contribution in [1.82, 2.24) is 35.4 Å². The first kappa shape index (κ1) is 85.9. The monoisotopic (exact) mass is 1570 g/mol. The maximum atomic E-state index is 15.0. The van der Waals surface area contributed by atoms with Crippen molar-refractivity contribution in [3.8, 4) is 11.1 Å². The van der Waals surface area contributed by atoms with Gasteiger partial charge in [-0.2, -0.15) is 0 Å². The van der Waals surface area contributed by atoms with Crippen molar-refractivity contribution in [1.29, 1.82) is 0 Å². The van der Waals surface area contributed by atoms with Gasteiger partial charge in [0.2, 0.25) is 17.7 Å². The molecule has 4 bridgehead atoms. The van der Waals surface area contributed by atoms with Crippen molar-refractivity contribution in [3.05, 3.63) is 148 Å². The number of aryl methyl sites for hydroxylation is 2. The molecule has 4 aromatic carbocycles. The van der Waals surface area contributed by atoms with Gasteiger partial charge in [0.05, 0.1) is 29.8 Å². The van der Waals surface area contributed by atoms with E-state index >= 15 is 0 Å². The fourth-order valence-electron chi connectivity index (χ4n) is 14.1. The van der Waals surface area contributed by atoms with Gasteiger partial charge in [0.15, 0.2) is 34.2 Å². The summed E-state index contributed by atoms with van der Waals surface area (Å²) >= 11 is 6.93. The Kier molecular flexibility index (Phi) is 27.3. The molecule has 2 saturated heterocycles. The van der Waals surface area contributed by atoms with Gasteiger partial charge in [-0.3, -0.25) is 29.3 Å². The van der Waals surface area contributed by atoms with Crippen LogP contribution in [0.15, 0.2) is 115 Å². The molecule has 0 radical (unpaired) electrons. The predicted octanol–water partition coefficient (Wildman–Crippen LogP) is 12.8. The molecule has 110 heavy (non-hydrogen) atoms. The van der Waals surface area contributed by atoms with Crippen LogP contribution < -0.4 is 20.9 Å². The van der Waals surface area contributed by atoms with E-state index in [9.17, 15) is 43.5 Å². The first-order valence-corrected chi connectivity index (χ1v) is 44.3. The molecular weight excluding hydrogens is 1460 g/mol. The summed E-state index contributed by atoms with van der Waals surface area (Å²) in [5.41, 5.74) is 6.00. The summed E-state index contributed by atoms with van der Waals surface area (Å²) < 4.78 is 46.2. The highest BCUT2D eigenvalue weighted by atomic mass is 35.5. The minimum Gasteiger partial charge on any atom is -0.457 e. The number of epoxide rings is 1. The Bertz CT molecular complexity index is 4260. The number of likely N-dealkylation sites (N-methyl/N-ethyl adjacent to an activating group) is 1. The second-order valence-electron chi connectivity index (χ2n) is 33.3. The van der Waals surface area contributed by atoms with Gasteiger partial charge in [-0.25, -0.2) is 24.4 Å². The molecule has 1 aromatic heterocycles. The number of aliphatic hydroxyl groups is 1. The number of nitrogens with one attached hydrogen (secondary N) is 3. The van der Waals surface area contributed by atoms with E-state index in [4.69, 9.17) is 44.1 Å². The van der Waals surface area contributed by atoms with Crippen LogP contribution in [0.5, 0.6) is 0 Å². The minimum absolute atomic E-state index is 0.0704. The second kappa shape index (κ2) is 34.9. The number of ketones is 1.